The van der Waals surface area contributed by atoms with Crippen LogP contribution in [-0.4, -0.2) is 29.9 Å². The summed E-state index contributed by atoms with van der Waals surface area (Å²) in [4.78, 5) is 12.4. The lowest BCUT2D eigenvalue weighted by Crippen LogP contribution is -2.41. The smallest absolute Gasteiger partial charge is 0.460 e. The lowest BCUT2D eigenvalue weighted by molar-refractivity contribution is -0.159. The molecule has 1 saturated carbocycles. The fourth-order valence-electron chi connectivity index (χ4n) is 3.05. The number of hydrogen-bond donors (Lipinski definition) is 0. The lowest BCUT2D eigenvalue weighted by Gasteiger charge is -2.32. The Labute approximate surface area is 129 Å². The number of hydrogen-bond acceptors (Lipinski definition) is 4. The number of carbonyl (C=O) groups is 1. The van der Waals surface area contributed by atoms with Gasteiger partial charge in [-0.05, 0) is 54.9 Å². The highest BCUT2D eigenvalue weighted by Crippen LogP contribution is 2.47. The average Bonchev–Trinajstić information content (AvgIpc) is 2.79. The van der Waals surface area contributed by atoms with Crippen molar-refractivity contribution in [1.82, 2.24) is 0 Å². The highest BCUT2D eigenvalue weighted by molar-refractivity contribution is 6.48. The molecule has 0 aromatic rings. The molecule has 1 saturated heterocycles. The largest absolute Gasteiger partial charge is 0.462 e. The summed E-state index contributed by atoms with van der Waals surface area (Å²) in [5, 5.41) is 0. The first-order valence-electron chi connectivity index (χ1n) is 8.01. The summed E-state index contributed by atoms with van der Waals surface area (Å²) in [7, 11) is -0.310. The van der Waals surface area contributed by atoms with E-state index in [1.165, 1.54) is 0 Å². The van der Waals surface area contributed by atoms with Crippen LogP contribution in [0.25, 0.3) is 0 Å². The maximum atomic E-state index is 12.4. The van der Waals surface area contributed by atoms with E-state index in [-0.39, 0.29) is 36.0 Å². The minimum Gasteiger partial charge on any atom is -0.460 e. The van der Waals surface area contributed by atoms with E-state index in [9.17, 15) is 4.79 Å². The highest BCUT2D eigenvalue weighted by Gasteiger charge is 2.57. The summed E-state index contributed by atoms with van der Waals surface area (Å²) in [6.45, 7) is 13.9. The molecule has 2 aliphatic rings. The molecule has 4 nitrogen and oxygen atoms in total. The maximum absolute atomic E-state index is 12.4. The molecule has 0 radical (unpaired) electrons. The van der Waals surface area contributed by atoms with Gasteiger partial charge in [0.15, 0.2) is 0 Å². The number of ether oxygens (including phenoxy) is 1. The molecule has 2 fully saturated rings. The van der Waals surface area contributed by atoms with Crippen LogP contribution >= 0.6 is 0 Å². The van der Waals surface area contributed by atoms with Gasteiger partial charge in [0.25, 0.3) is 0 Å². The van der Waals surface area contributed by atoms with Gasteiger partial charge in [-0.2, -0.15) is 0 Å². The fourth-order valence-corrected chi connectivity index (χ4v) is 3.05. The Bertz CT molecular complexity index is 395. The van der Waals surface area contributed by atoms with Gasteiger partial charge in [-0.15, -0.1) is 0 Å². The number of esters is 1. The summed E-state index contributed by atoms with van der Waals surface area (Å²) in [5.74, 6) is -0.125. The molecule has 120 valence electrons. The van der Waals surface area contributed by atoms with E-state index in [1.54, 1.807) is 0 Å². The predicted molar refractivity (Wildman–Crippen MR) is 83.0 cm³/mol. The second-order valence-electron chi connectivity index (χ2n) is 8.36. The van der Waals surface area contributed by atoms with Gasteiger partial charge >= 0.3 is 13.1 Å². The first kappa shape index (κ1) is 16.8. The Kier molecular flexibility index (Phi) is 4.22. The Hall–Kier alpha value is -0.545. The van der Waals surface area contributed by atoms with E-state index in [0.29, 0.717) is 0 Å². The van der Waals surface area contributed by atoms with Gasteiger partial charge < -0.3 is 14.0 Å². The molecule has 0 N–H and O–H groups in total. The zero-order chi connectivity index (χ0) is 16.1. The highest BCUT2D eigenvalue weighted by atomic mass is 16.7. The van der Waals surface area contributed by atoms with Crippen LogP contribution in [0.4, 0.5) is 0 Å². The van der Waals surface area contributed by atoms with Crippen molar-refractivity contribution in [2.45, 2.75) is 90.3 Å². The lowest BCUT2D eigenvalue weighted by atomic mass is 9.66. The zero-order valence-electron chi connectivity index (χ0n) is 14.5. The van der Waals surface area contributed by atoms with Gasteiger partial charge in [0.1, 0.15) is 5.60 Å². The first-order chi connectivity index (χ1) is 9.43. The third-order valence-electron chi connectivity index (χ3n) is 4.90. The Morgan fingerprint density at radius 1 is 1.10 bits per heavy atom. The van der Waals surface area contributed by atoms with Gasteiger partial charge in [-0.3, -0.25) is 4.79 Å². The van der Waals surface area contributed by atoms with Crippen molar-refractivity contribution in [3.05, 3.63) is 0 Å². The van der Waals surface area contributed by atoms with E-state index < -0.39 is 5.60 Å². The van der Waals surface area contributed by atoms with Crippen molar-refractivity contribution < 1.29 is 18.8 Å². The third kappa shape index (κ3) is 3.45. The second-order valence-corrected chi connectivity index (χ2v) is 8.36. The molecule has 0 bridgehead atoms. The van der Waals surface area contributed by atoms with Crippen molar-refractivity contribution in [2.75, 3.05) is 0 Å². The molecule has 1 heterocycles. The van der Waals surface area contributed by atoms with E-state index in [2.05, 4.69) is 0 Å². The minimum atomic E-state index is -0.444. The normalized spacial score (nSPS) is 31.5. The van der Waals surface area contributed by atoms with Crippen molar-refractivity contribution >= 4 is 13.1 Å². The third-order valence-corrected chi connectivity index (χ3v) is 4.90. The van der Waals surface area contributed by atoms with Crippen molar-refractivity contribution in [2.24, 2.45) is 5.92 Å². The molecule has 1 aliphatic carbocycles. The molecule has 1 aliphatic heterocycles. The molecule has 5 heteroatoms. The molecule has 0 spiro atoms. The van der Waals surface area contributed by atoms with Crippen molar-refractivity contribution in [3.63, 3.8) is 0 Å². The van der Waals surface area contributed by atoms with Crippen LogP contribution in [0.15, 0.2) is 0 Å². The minimum absolute atomic E-state index is 0.0981. The fraction of sp³-hybridized carbons (Fsp3) is 0.938. The summed E-state index contributed by atoms with van der Waals surface area (Å²) in [6, 6.07) is 0. The maximum Gasteiger partial charge on any atom is 0.462 e. The van der Waals surface area contributed by atoms with E-state index >= 15 is 0 Å². The topological polar surface area (TPSA) is 44.8 Å². The molecular formula is C16H29BO4. The van der Waals surface area contributed by atoms with E-state index in [1.807, 2.05) is 48.5 Å². The molecule has 0 aromatic carbocycles. The van der Waals surface area contributed by atoms with Crippen LogP contribution in [0, 0.1) is 5.92 Å². The summed E-state index contributed by atoms with van der Waals surface area (Å²) < 4.78 is 17.8. The summed E-state index contributed by atoms with van der Waals surface area (Å²) in [6.07, 6.45) is 2.85. The quantitative estimate of drug-likeness (QED) is 0.577. The Morgan fingerprint density at radius 2 is 1.62 bits per heavy atom. The van der Waals surface area contributed by atoms with Crippen LogP contribution in [0.1, 0.15) is 67.7 Å². The van der Waals surface area contributed by atoms with Gasteiger partial charge in [0, 0.05) is 5.82 Å². The molecule has 0 unspecified atom stereocenters. The number of rotatable bonds is 2. The average molecular weight is 296 g/mol. The van der Waals surface area contributed by atoms with E-state index in [4.69, 9.17) is 14.0 Å². The predicted octanol–water partition coefficient (Wildman–Crippen LogP) is 3.59. The summed E-state index contributed by atoms with van der Waals surface area (Å²) >= 11 is 0. The van der Waals surface area contributed by atoms with Crippen LogP contribution in [0.3, 0.4) is 0 Å². The molecule has 2 atom stereocenters. The van der Waals surface area contributed by atoms with Gasteiger partial charge in [-0.25, -0.2) is 0 Å². The van der Waals surface area contributed by atoms with Crippen molar-refractivity contribution in [1.29, 1.82) is 0 Å². The standard InChI is InChI=1S/C16H29BO4/c1-14(2,3)19-13(18)11-9-8-10-12(11)17-20-15(4,5)16(6,7)21-17/h11-12H,8-10H2,1-7H3/t11-,12+/m0/s1. The first-order valence-corrected chi connectivity index (χ1v) is 8.01. The van der Waals surface area contributed by atoms with Gasteiger partial charge in [0.05, 0.1) is 17.1 Å². The molecular weight excluding hydrogens is 267 g/mol. The van der Waals surface area contributed by atoms with Crippen molar-refractivity contribution in [3.8, 4) is 0 Å². The Morgan fingerprint density at radius 3 is 2.10 bits per heavy atom. The molecule has 0 amide bonds. The molecule has 0 aromatic heterocycles. The Balaban J connectivity index is 2.08. The monoisotopic (exact) mass is 296 g/mol. The van der Waals surface area contributed by atoms with Gasteiger partial charge in [0.2, 0.25) is 0 Å². The number of carbonyl (C=O) groups excluding carboxylic acids is 1. The van der Waals surface area contributed by atoms with Crippen LogP contribution in [0.2, 0.25) is 5.82 Å². The van der Waals surface area contributed by atoms with Crippen LogP contribution in [-0.2, 0) is 18.8 Å². The van der Waals surface area contributed by atoms with Crippen LogP contribution in [0.5, 0.6) is 0 Å². The molecule has 21 heavy (non-hydrogen) atoms. The van der Waals surface area contributed by atoms with Crippen LogP contribution < -0.4 is 0 Å². The SMILES string of the molecule is CC(C)(C)OC(=O)[C@H]1CCC[C@H]1B1OC(C)(C)C(C)(C)O1. The second kappa shape index (κ2) is 5.27. The molecule has 2 rings (SSSR count). The van der Waals surface area contributed by atoms with Gasteiger partial charge in [-0.1, -0.05) is 12.8 Å². The summed E-state index contributed by atoms with van der Waals surface area (Å²) in [5.41, 5.74) is -1.14. The zero-order valence-corrected chi connectivity index (χ0v) is 14.5. The van der Waals surface area contributed by atoms with E-state index in [0.717, 1.165) is 19.3 Å².